The molecule has 1 amide bonds. The van der Waals surface area contributed by atoms with Crippen LogP contribution in [-0.2, 0) is 15.3 Å². The van der Waals surface area contributed by atoms with Crippen LogP contribution in [0.1, 0.15) is 55.0 Å². The number of aliphatic hydroxyl groups is 1. The SMILES string of the molecule is CCCOc1ccc(C(O)=C2C(=O)C(=O)N(c3nnc(SCc4ccc(C)cc4)s3)C2c2cccc(OCCC)c2)cc1. The Hall–Kier alpha value is -4.15. The molecule has 43 heavy (non-hydrogen) atoms. The number of ether oxygens (including phenoxy) is 2. The molecule has 222 valence electrons. The molecular formula is C33H33N3O5S2. The van der Waals surface area contributed by atoms with Crippen LogP contribution in [0.15, 0.2) is 82.7 Å². The minimum absolute atomic E-state index is 0.0241. The first kappa shape index (κ1) is 30.3. The van der Waals surface area contributed by atoms with E-state index in [4.69, 9.17) is 9.47 Å². The van der Waals surface area contributed by atoms with Crippen LogP contribution in [0.5, 0.6) is 11.5 Å². The van der Waals surface area contributed by atoms with Crippen molar-refractivity contribution in [2.24, 2.45) is 0 Å². The zero-order valence-electron chi connectivity index (χ0n) is 24.3. The Morgan fingerprint density at radius 1 is 0.930 bits per heavy atom. The maximum absolute atomic E-state index is 13.6. The third-order valence-electron chi connectivity index (χ3n) is 6.78. The number of rotatable bonds is 12. The number of aliphatic hydroxyl groups excluding tert-OH is 1. The van der Waals surface area contributed by atoms with Crippen molar-refractivity contribution in [2.45, 2.75) is 49.7 Å². The summed E-state index contributed by atoms with van der Waals surface area (Å²) in [6.45, 7) is 7.17. The van der Waals surface area contributed by atoms with Gasteiger partial charge >= 0.3 is 5.91 Å². The van der Waals surface area contributed by atoms with Gasteiger partial charge in [-0.3, -0.25) is 14.5 Å². The number of Topliss-reactive ketones (excluding diaryl/α,β-unsaturated/α-hetero) is 1. The molecule has 0 aliphatic carbocycles. The molecule has 1 unspecified atom stereocenters. The molecule has 5 rings (SSSR count). The van der Waals surface area contributed by atoms with E-state index in [-0.39, 0.29) is 16.5 Å². The van der Waals surface area contributed by atoms with Crippen molar-refractivity contribution in [3.63, 3.8) is 0 Å². The molecule has 0 radical (unpaired) electrons. The summed E-state index contributed by atoms with van der Waals surface area (Å²) in [5.41, 5.74) is 3.32. The van der Waals surface area contributed by atoms with Crippen LogP contribution in [0.25, 0.3) is 5.76 Å². The van der Waals surface area contributed by atoms with Gasteiger partial charge in [-0.1, -0.05) is 78.9 Å². The second-order valence-electron chi connectivity index (χ2n) is 10.1. The summed E-state index contributed by atoms with van der Waals surface area (Å²) in [6, 6.07) is 21.4. The highest BCUT2D eigenvalue weighted by Crippen LogP contribution is 2.44. The van der Waals surface area contributed by atoms with Gasteiger partial charge in [0.2, 0.25) is 5.13 Å². The fourth-order valence-electron chi connectivity index (χ4n) is 4.61. The molecule has 1 aromatic heterocycles. The van der Waals surface area contributed by atoms with Crippen LogP contribution in [-0.4, -0.2) is 40.2 Å². The Morgan fingerprint density at radius 2 is 1.63 bits per heavy atom. The first-order valence-corrected chi connectivity index (χ1v) is 16.0. The molecule has 0 spiro atoms. The van der Waals surface area contributed by atoms with E-state index >= 15 is 0 Å². The van der Waals surface area contributed by atoms with E-state index in [2.05, 4.69) is 34.5 Å². The van der Waals surface area contributed by atoms with E-state index < -0.39 is 17.7 Å². The maximum atomic E-state index is 13.6. The van der Waals surface area contributed by atoms with Gasteiger partial charge in [0.25, 0.3) is 5.78 Å². The number of carbonyl (C=O) groups excluding carboxylic acids is 2. The average molecular weight is 616 g/mol. The number of hydrogen-bond donors (Lipinski definition) is 1. The van der Waals surface area contributed by atoms with Crippen molar-refractivity contribution in [1.29, 1.82) is 0 Å². The van der Waals surface area contributed by atoms with Crippen LogP contribution >= 0.6 is 23.1 Å². The molecule has 1 atom stereocenters. The van der Waals surface area contributed by atoms with Gasteiger partial charge in [-0.15, -0.1) is 10.2 Å². The number of nitrogens with zero attached hydrogens (tertiary/aromatic N) is 3. The Bertz CT molecular complexity index is 1620. The minimum atomic E-state index is -0.927. The second-order valence-corrected chi connectivity index (χ2v) is 12.3. The summed E-state index contributed by atoms with van der Waals surface area (Å²) < 4.78 is 12.2. The monoisotopic (exact) mass is 615 g/mol. The maximum Gasteiger partial charge on any atom is 0.301 e. The van der Waals surface area contributed by atoms with Crippen LogP contribution < -0.4 is 14.4 Å². The highest BCUT2D eigenvalue weighted by atomic mass is 32.2. The van der Waals surface area contributed by atoms with Gasteiger partial charge in [-0.25, -0.2) is 0 Å². The summed E-state index contributed by atoms with van der Waals surface area (Å²) in [7, 11) is 0. The highest BCUT2D eigenvalue weighted by molar-refractivity contribution is 8.00. The number of aryl methyl sites for hydroxylation is 1. The third-order valence-corrected chi connectivity index (χ3v) is 8.90. The summed E-state index contributed by atoms with van der Waals surface area (Å²) in [4.78, 5) is 28.5. The van der Waals surface area contributed by atoms with Gasteiger partial charge in [0.05, 0.1) is 24.8 Å². The first-order chi connectivity index (χ1) is 20.9. The third kappa shape index (κ3) is 6.92. The minimum Gasteiger partial charge on any atom is -0.507 e. The molecule has 1 N–H and O–H groups in total. The average Bonchev–Trinajstić information content (AvgIpc) is 3.60. The van der Waals surface area contributed by atoms with Crippen molar-refractivity contribution in [3.05, 3.63) is 101 Å². The van der Waals surface area contributed by atoms with Gasteiger partial charge in [-0.05, 0) is 67.3 Å². The van der Waals surface area contributed by atoms with Crippen molar-refractivity contribution in [2.75, 3.05) is 18.1 Å². The van der Waals surface area contributed by atoms with Crippen LogP contribution in [0.2, 0.25) is 0 Å². The Morgan fingerprint density at radius 3 is 2.33 bits per heavy atom. The molecule has 1 aliphatic heterocycles. The van der Waals surface area contributed by atoms with E-state index in [0.717, 1.165) is 18.4 Å². The molecule has 0 saturated carbocycles. The van der Waals surface area contributed by atoms with E-state index in [9.17, 15) is 14.7 Å². The fraction of sp³-hybridized carbons (Fsp3) is 0.273. The summed E-state index contributed by atoms with van der Waals surface area (Å²) in [6.07, 6.45) is 1.69. The Balaban J connectivity index is 1.52. The standard InChI is InChI=1S/C33H33N3O5S2/c1-4-17-40-25-15-13-23(14-16-25)29(37)27-28(24-7-6-8-26(19-24)41-18-5-2)36(31(39)30(27)38)32-34-35-33(43-32)42-20-22-11-9-21(3)10-12-22/h6-16,19,28,37H,4-5,17-18,20H2,1-3H3. The topological polar surface area (TPSA) is 102 Å². The largest absolute Gasteiger partial charge is 0.507 e. The quantitative estimate of drug-likeness (QED) is 0.0581. The summed E-state index contributed by atoms with van der Waals surface area (Å²) in [5.74, 6) is 0.102. The number of anilines is 1. The van der Waals surface area contributed by atoms with Gasteiger partial charge < -0.3 is 14.6 Å². The number of thioether (sulfide) groups is 1. The number of benzene rings is 3. The van der Waals surface area contributed by atoms with E-state index in [1.807, 2.05) is 39.0 Å². The van der Waals surface area contributed by atoms with Crippen LogP contribution in [0.4, 0.5) is 5.13 Å². The van der Waals surface area contributed by atoms with Gasteiger partial charge in [0, 0.05) is 11.3 Å². The molecule has 1 aliphatic rings. The molecule has 2 heterocycles. The zero-order valence-corrected chi connectivity index (χ0v) is 25.9. The summed E-state index contributed by atoms with van der Waals surface area (Å²) in [5, 5.41) is 20.4. The first-order valence-electron chi connectivity index (χ1n) is 14.2. The lowest BCUT2D eigenvalue weighted by Crippen LogP contribution is -2.29. The van der Waals surface area contributed by atoms with Crippen LogP contribution in [0, 0.1) is 6.92 Å². The number of ketones is 1. The van der Waals surface area contributed by atoms with Crippen molar-refractivity contribution in [1.82, 2.24) is 10.2 Å². The van der Waals surface area contributed by atoms with Crippen LogP contribution in [0.3, 0.4) is 0 Å². The molecule has 0 bridgehead atoms. The zero-order chi connectivity index (χ0) is 30.3. The number of aromatic nitrogens is 2. The molecule has 1 fully saturated rings. The predicted octanol–water partition coefficient (Wildman–Crippen LogP) is 7.34. The van der Waals surface area contributed by atoms with Crippen molar-refractivity contribution in [3.8, 4) is 11.5 Å². The molecule has 4 aromatic rings. The van der Waals surface area contributed by atoms with E-state index in [1.165, 1.54) is 33.6 Å². The number of hydrogen-bond acceptors (Lipinski definition) is 9. The molecule has 1 saturated heterocycles. The lowest BCUT2D eigenvalue weighted by molar-refractivity contribution is -0.132. The fourth-order valence-corrected chi connectivity index (χ4v) is 6.43. The Labute approximate surface area is 259 Å². The van der Waals surface area contributed by atoms with Gasteiger partial charge in [-0.2, -0.15) is 0 Å². The van der Waals surface area contributed by atoms with Gasteiger partial charge in [0.15, 0.2) is 4.34 Å². The van der Waals surface area contributed by atoms with E-state index in [0.29, 0.717) is 45.9 Å². The molecular weight excluding hydrogens is 583 g/mol. The summed E-state index contributed by atoms with van der Waals surface area (Å²) >= 11 is 2.74. The smallest absolute Gasteiger partial charge is 0.301 e. The lowest BCUT2D eigenvalue weighted by Gasteiger charge is -2.23. The highest BCUT2D eigenvalue weighted by Gasteiger charge is 2.48. The predicted molar refractivity (Wildman–Crippen MR) is 170 cm³/mol. The van der Waals surface area contributed by atoms with E-state index in [1.54, 1.807) is 30.3 Å². The molecule has 3 aromatic carbocycles. The van der Waals surface area contributed by atoms with Gasteiger partial charge in [0.1, 0.15) is 17.3 Å². The number of amides is 1. The second kappa shape index (κ2) is 13.9. The van der Waals surface area contributed by atoms with Crippen molar-refractivity contribution >= 4 is 45.7 Å². The molecule has 10 heteroatoms. The number of carbonyl (C=O) groups is 2. The Kier molecular flexibility index (Phi) is 9.79. The van der Waals surface area contributed by atoms with Crippen molar-refractivity contribution < 1.29 is 24.2 Å². The molecule has 8 nitrogen and oxygen atoms in total. The lowest BCUT2D eigenvalue weighted by atomic mass is 9.95. The normalized spacial score (nSPS) is 16.1.